The van der Waals surface area contributed by atoms with Gasteiger partial charge in [-0.15, -0.1) is 11.3 Å². The zero-order chi connectivity index (χ0) is 19.4. The zero-order valence-corrected chi connectivity index (χ0v) is 16.7. The van der Waals surface area contributed by atoms with Crippen LogP contribution in [0, 0.1) is 0 Å². The van der Waals surface area contributed by atoms with Crippen LogP contribution in [0.3, 0.4) is 0 Å². The number of nitrogens with one attached hydrogen (secondary N) is 1. The van der Waals surface area contributed by atoms with E-state index in [0.29, 0.717) is 22.2 Å². The van der Waals surface area contributed by atoms with Crippen molar-refractivity contribution in [3.63, 3.8) is 0 Å². The number of thiophene rings is 1. The van der Waals surface area contributed by atoms with Gasteiger partial charge in [0.05, 0.1) is 12.7 Å². The monoisotopic (exact) mass is 387 g/mol. The van der Waals surface area contributed by atoms with Crippen molar-refractivity contribution < 1.29 is 14.3 Å². The Balaban J connectivity index is 1.63. The quantitative estimate of drug-likeness (QED) is 0.798. The van der Waals surface area contributed by atoms with Gasteiger partial charge in [-0.2, -0.15) is 0 Å². The Hall–Kier alpha value is -2.38. The molecule has 1 N–H and O–H groups in total. The lowest BCUT2D eigenvalue weighted by atomic mass is 10.1. The third-order valence-corrected chi connectivity index (χ3v) is 5.67. The molecule has 2 aromatic rings. The summed E-state index contributed by atoms with van der Waals surface area (Å²) in [4.78, 5) is 29.0. The van der Waals surface area contributed by atoms with E-state index in [2.05, 4.69) is 29.0 Å². The number of esters is 1. The summed E-state index contributed by atoms with van der Waals surface area (Å²) in [6.45, 7) is 8.52. The molecule has 1 aromatic carbocycles. The van der Waals surface area contributed by atoms with Gasteiger partial charge in [-0.25, -0.2) is 4.79 Å². The van der Waals surface area contributed by atoms with Crippen molar-refractivity contribution in [3.05, 3.63) is 46.8 Å². The molecule has 1 fully saturated rings. The molecule has 27 heavy (non-hydrogen) atoms. The van der Waals surface area contributed by atoms with Crippen LogP contribution in [0.1, 0.15) is 34.6 Å². The second kappa shape index (κ2) is 8.54. The van der Waals surface area contributed by atoms with E-state index in [-0.39, 0.29) is 5.91 Å². The molecule has 1 saturated heterocycles. The van der Waals surface area contributed by atoms with Crippen LogP contribution in [0.25, 0.3) is 0 Å². The highest BCUT2D eigenvalue weighted by Crippen LogP contribution is 2.25. The lowest BCUT2D eigenvalue weighted by Gasteiger charge is -2.38. The Morgan fingerprint density at radius 1 is 1.07 bits per heavy atom. The first-order chi connectivity index (χ1) is 13.0. The first-order valence-corrected chi connectivity index (χ1v) is 9.93. The topological polar surface area (TPSA) is 61.9 Å². The number of rotatable bonds is 5. The van der Waals surface area contributed by atoms with E-state index in [1.807, 2.05) is 24.3 Å². The summed E-state index contributed by atoms with van der Waals surface area (Å²) in [6, 6.07) is 9.83. The molecule has 0 spiro atoms. The molecule has 144 valence electrons. The number of nitrogens with zero attached hydrogens (tertiary/aromatic N) is 2. The minimum atomic E-state index is -0.456. The van der Waals surface area contributed by atoms with E-state index in [9.17, 15) is 9.59 Å². The van der Waals surface area contributed by atoms with E-state index < -0.39 is 5.97 Å². The largest absolute Gasteiger partial charge is 0.465 e. The standard InChI is InChI=1S/C20H25N3O3S/c1-14(2)22-9-11-23(12-10-22)16-6-4-15(5-7-16)18(24)21-19-17(8-13-27-19)20(25)26-3/h4-8,13-14H,9-12H2,1-3H3,(H,21,24). The van der Waals surface area contributed by atoms with E-state index in [0.717, 1.165) is 31.9 Å². The van der Waals surface area contributed by atoms with Crippen molar-refractivity contribution in [2.24, 2.45) is 0 Å². The molecule has 7 heteroatoms. The number of ether oxygens (including phenoxy) is 1. The SMILES string of the molecule is COC(=O)c1ccsc1NC(=O)c1ccc(N2CCN(C(C)C)CC2)cc1. The average molecular weight is 388 g/mol. The predicted molar refractivity (Wildman–Crippen MR) is 109 cm³/mol. The van der Waals surface area contributed by atoms with Gasteiger partial charge in [-0.3, -0.25) is 9.69 Å². The Labute approximate surface area is 163 Å². The first-order valence-electron chi connectivity index (χ1n) is 9.06. The van der Waals surface area contributed by atoms with Gasteiger partial charge in [0.25, 0.3) is 5.91 Å². The van der Waals surface area contributed by atoms with Crippen LogP contribution in [-0.4, -0.2) is 56.1 Å². The Kier molecular flexibility index (Phi) is 6.13. The Morgan fingerprint density at radius 2 is 1.74 bits per heavy atom. The lowest BCUT2D eigenvalue weighted by molar-refractivity contribution is 0.0602. The van der Waals surface area contributed by atoms with E-state index in [1.165, 1.54) is 18.4 Å². The highest BCUT2D eigenvalue weighted by molar-refractivity contribution is 7.14. The molecule has 1 aliphatic rings. The van der Waals surface area contributed by atoms with Gasteiger partial charge in [0.2, 0.25) is 0 Å². The Bertz CT molecular complexity index is 793. The predicted octanol–water partition coefficient (Wildman–Crippen LogP) is 3.32. The number of methoxy groups -OCH3 is 1. The minimum Gasteiger partial charge on any atom is -0.465 e. The highest BCUT2D eigenvalue weighted by atomic mass is 32.1. The second-order valence-electron chi connectivity index (χ2n) is 6.77. The molecule has 0 atom stereocenters. The molecular formula is C20H25N3O3S. The summed E-state index contributed by atoms with van der Waals surface area (Å²) in [6.07, 6.45) is 0. The summed E-state index contributed by atoms with van der Waals surface area (Å²) in [7, 11) is 1.32. The molecule has 1 aromatic heterocycles. The van der Waals surface area contributed by atoms with Gasteiger partial charge in [-0.05, 0) is 49.6 Å². The van der Waals surface area contributed by atoms with Crippen LogP contribution in [0.15, 0.2) is 35.7 Å². The van der Waals surface area contributed by atoms with Crippen molar-refractivity contribution in [2.75, 3.05) is 43.5 Å². The number of carbonyl (C=O) groups is 2. The maximum absolute atomic E-state index is 12.5. The molecule has 3 rings (SSSR count). The smallest absolute Gasteiger partial charge is 0.340 e. The van der Waals surface area contributed by atoms with Crippen molar-refractivity contribution in [1.29, 1.82) is 0 Å². The molecule has 0 saturated carbocycles. The van der Waals surface area contributed by atoms with E-state index in [4.69, 9.17) is 4.74 Å². The van der Waals surface area contributed by atoms with E-state index in [1.54, 1.807) is 11.4 Å². The van der Waals surface area contributed by atoms with Gasteiger partial charge in [-0.1, -0.05) is 0 Å². The fraction of sp³-hybridized carbons (Fsp3) is 0.400. The summed E-state index contributed by atoms with van der Waals surface area (Å²) in [5.41, 5.74) is 2.06. The van der Waals surface area contributed by atoms with Crippen molar-refractivity contribution in [3.8, 4) is 0 Å². The molecule has 0 radical (unpaired) electrons. The maximum Gasteiger partial charge on any atom is 0.340 e. The number of piperazine rings is 1. The average Bonchev–Trinajstić information content (AvgIpc) is 3.15. The number of hydrogen-bond acceptors (Lipinski definition) is 6. The second-order valence-corrected chi connectivity index (χ2v) is 7.69. The minimum absolute atomic E-state index is 0.237. The molecule has 0 bridgehead atoms. The van der Waals surface area contributed by atoms with Crippen LogP contribution in [0.4, 0.5) is 10.7 Å². The molecule has 2 heterocycles. The molecule has 1 aliphatic heterocycles. The van der Waals surface area contributed by atoms with Gasteiger partial charge < -0.3 is 15.0 Å². The molecule has 0 unspecified atom stereocenters. The highest BCUT2D eigenvalue weighted by Gasteiger charge is 2.20. The fourth-order valence-electron chi connectivity index (χ4n) is 3.17. The Morgan fingerprint density at radius 3 is 2.33 bits per heavy atom. The van der Waals surface area contributed by atoms with Crippen molar-refractivity contribution >= 4 is 33.9 Å². The number of hydrogen-bond donors (Lipinski definition) is 1. The number of benzene rings is 1. The zero-order valence-electron chi connectivity index (χ0n) is 15.9. The normalized spacial score (nSPS) is 15.0. The third-order valence-electron chi connectivity index (χ3n) is 4.84. The van der Waals surface area contributed by atoms with Gasteiger partial charge in [0.15, 0.2) is 0 Å². The van der Waals surface area contributed by atoms with Crippen LogP contribution in [-0.2, 0) is 4.74 Å². The van der Waals surface area contributed by atoms with Gasteiger partial charge in [0.1, 0.15) is 5.00 Å². The van der Waals surface area contributed by atoms with Crippen LogP contribution < -0.4 is 10.2 Å². The fourth-order valence-corrected chi connectivity index (χ4v) is 3.94. The van der Waals surface area contributed by atoms with Crippen LogP contribution in [0.2, 0.25) is 0 Å². The molecule has 1 amide bonds. The van der Waals surface area contributed by atoms with Crippen molar-refractivity contribution in [2.45, 2.75) is 19.9 Å². The summed E-state index contributed by atoms with van der Waals surface area (Å²) < 4.78 is 4.74. The summed E-state index contributed by atoms with van der Waals surface area (Å²) in [5, 5.41) is 5.05. The molecule has 6 nitrogen and oxygen atoms in total. The summed E-state index contributed by atoms with van der Waals surface area (Å²) >= 11 is 1.30. The number of anilines is 2. The van der Waals surface area contributed by atoms with Gasteiger partial charge >= 0.3 is 5.97 Å². The summed E-state index contributed by atoms with van der Waals surface area (Å²) in [5.74, 6) is -0.693. The maximum atomic E-state index is 12.5. The van der Waals surface area contributed by atoms with Crippen LogP contribution in [0.5, 0.6) is 0 Å². The number of carbonyl (C=O) groups excluding carboxylic acids is 2. The van der Waals surface area contributed by atoms with Crippen molar-refractivity contribution in [1.82, 2.24) is 4.90 Å². The van der Waals surface area contributed by atoms with E-state index >= 15 is 0 Å². The number of amides is 1. The van der Waals surface area contributed by atoms with Crippen LogP contribution >= 0.6 is 11.3 Å². The first kappa shape index (κ1) is 19.4. The third kappa shape index (κ3) is 4.48. The molecule has 0 aliphatic carbocycles. The lowest BCUT2D eigenvalue weighted by Crippen LogP contribution is -2.48. The molecular weight excluding hydrogens is 362 g/mol. The van der Waals surface area contributed by atoms with Gasteiger partial charge in [0, 0.05) is 43.5 Å².